The van der Waals surface area contributed by atoms with E-state index in [4.69, 9.17) is 10.5 Å². The molecule has 1 aromatic carbocycles. The number of hydrogen-bond acceptors (Lipinski definition) is 7. The molecule has 0 radical (unpaired) electrons. The lowest BCUT2D eigenvalue weighted by molar-refractivity contribution is -0.129. The number of esters is 1. The highest BCUT2D eigenvalue weighted by Crippen LogP contribution is 2.38. The van der Waals surface area contributed by atoms with Crippen molar-refractivity contribution in [3.8, 4) is 0 Å². The van der Waals surface area contributed by atoms with Crippen LogP contribution in [-0.4, -0.2) is 41.1 Å². The number of thioether (sulfide) groups is 1. The molecule has 1 unspecified atom stereocenters. The van der Waals surface area contributed by atoms with Crippen molar-refractivity contribution in [1.29, 1.82) is 0 Å². The van der Waals surface area contributed by atoms with Gasteiger partial charge in [0.25, 0.3) is 0 Å². The lowest BCUT2D eigenvalue weighted by Crippen LogP contribution is -2.34. The minimum Gasteiger partial charge on any atom is -0.462 e. The highest BCUT2D eigenvalue weighted by atomic mass is 32.2. The maximum Gasteiger partial charge on any atom is 0.341 e. The predicted molar refractivity (Wildman–Crippen MR) is 120 cm³/mol. The maximum atomic E-state index is 12.8. The Balaban J connectivity index is 1.81. The van der Waals surface area contributed by atoms with Crippen molar-refractivity contribution in [3.63, 3.8) is 0 Å². The second kappa shape index (κ2) is 9.53. The molecule has 0 fully saturated rings. The molecule has 0 aliphatic carbocycles. The van der Waals surface area contributed by atoms with Gasteiger partial charge in [-0.15, -0.1) is 23.1 Å². The molecule has 3 N–H and O–H groups in total. The zero-order valence-corrected chi connectivity index (χ0v) is 18.8. The summed E-state index contributed by atoms with van der Waals surface area (Å²) in [5.74, 6) is -0.657. The van der Waals surface area contributed by atoms with Crippen LogP contribution in [0.4, 0.5) is 10.7 Å². The molecule has 1 aliphatic rings. The van der Waals surface area contributed by atoms with E-state index in [1.54, 1.807) is 24.0 Å². The number of carbonyl (C=O) groups excluding carboxylic acids is 3. The summed E-state index contributed by atoms with van der Waals surface area (Å²) >= 11 is 2.75. The van der Waals surface area contributed by atoms with Crippen LogP contribution >= 0.6 is 23.1 Å². The normalized spacial score (nSPS) is 14.0. The summed E-state index contributed by atoms with van der Waals surface area (Å²) in [4.78, 5) is 40.8. The van der Waals surface area contributed by atoms with Crippen molar-refractivity contribution in [3.05, 3.63) is 40.3 Å². The van der Waals surface area contributed by atoms with Crippen LogP contribution in [0.5, 0.6) is 0 Å². The molecule has 0 saturated carbocycles. The summed E-state index contributed by atoms with van der Waals surface area (Å²) in [6.07, 6.45) is 0.561. The standard InChI is InChI=1S/C21H25N3O4S2/c1-4-28-21(27)18-16-9-10-24(13(3)25)11-17(16)30-20(18)23-19(26)12(2)29-15-7-5-14(22)6-8-15/h5-8,12H,4,9-11,22H2,1-3H3,(H,23,26). The summed E-state index contributed by atoms with van der Waals surface area (Å²) in [6, 6.07) is 7.32. The van der Waals surface area contributed by atoms with Crippen molar-refractivity contribution < 1.29 is 19.1 Å². The van der Waals surface area contributed by atoms with Crippen LogP contribution in [0.1, 0.15) is 41.6 Å². The fourth-order valence-electron chi connectivity index (χ4n) is 3.20. The molecule has 1 aromatic heterocycles. The summed E-state index contributed by atoms with van der Waals surface area (Å²) in [7, 11) is 0. The molecule has 160 valence electrons. The number of amides is 2. The largest absolute Gasteiger partial charge is 0.462 e. The van der Waals surface area contributed by atoms with Crippen LogP contribution in [0.2, 0.25) is 0 Å². The summed E-state index contributed by atoms with van der Waals surface area (Å²) in [6.45, 7) is 6.32. The Bertz CT molecular complexity index is 956. The van der Waals surface area contributed by atoms with E-state index in [9.17, 15) is 14.4 Å². The molecule has 0 bridgehead atoms. The average molecular weight is 448 g/mol. The van der Waals surface area contributed by atoms with Crippen molar-refractivity contribution in [1.82, 2.24) is 4.90 Å². The van der Waals surface area contributed by atoms with Crippen molar-refractivity contribution in [2.45, 2.75) is 43.9 Å². The van der Waals surface area contributed by atoms with Gasteiger partial charge in [0, 0.05) is 28.9 Å². The van der Waals surface area contributed by atoms with Crippen LogP contribution in [0.15, 0.2) is 29.2 Å². The number of nitrogens with two attached hydrogens (primary N) is 1. The van der Waals surface area contributed by atoms with Gasteiger partial charge in [0.05, 0.1) is 24.0 Å². The van der Waals surface area contributed by atoms with E-state index in [-0.39, 0.29) is 23.7 Å². The number of nitrogens with one attached hydrogen (secondary N) is 1. The summed E-state index contributed by atoms with van der Waals surface area (Å²) in [5, 5.41) is 3.02. The Labute approximate surface area is 184 Å². The van der Waals surface area contributed by atoms with Crippen molar-refractivity contribution in [2.75, 3.05) is 24.2 Å². The third-order valence-electron chi connectivity index (χ3n) is 4.78. The first-order valence-electron chi connectivity index (χ1n) is 9.70. The number of rotatable bonds is 6. The van der Waals surface area contributed by atoms with Gasteiger partial charge < -0.3 is 20.7 Å². The van der Waals surface area contributed by atoms with Gasteiger partial charge >= 0.3 is 5.97 Å². The second-order valence-corrected chi connectivity index (χ2v) is 9.46. The first-order valence-corrected chi connectivity index (χ1v) is 11.4. The molecular weight excluding hydrogens is 422 g/mol. The SMILES string of the molecule is CCOC(=O)c1c(NC(=O)C(C)Sc2ccc(N)cc2)sc2c1CCN(C(C)=O)C2. The van der Waals surface area contributed by atoms with Crippen LogP contribution < -0.4 is 11.1 Å². The molecule has 0 spiro atoms. The Morgan fingerprint density at radius 2 is 2.00 bits per heavy atom. The molecule has 1 aliphatic heterocycles. The number of carbonyl (C=O) groups is 3. The predicted octanol–water partition coefficient (Wildman–Crippen LogP) is 3.53. The number of anilines is 2. The quantitative estimate of drug-likeness (QED) is 0.399. The molecule has 9 heteroatoms. The Hall–Kier alpha value is -2.52. The third kappa shape index (κ3) is 4.96. The Morgan fingerprint density at radius 1 is 1.30 bits per heavy atom. The molecule has 7 nitrogen and oxygen atoms in total. The summed E-state index contributed by atoms with van der Waals surface area (Å²) in [5.41, 5.74) is 7.66. The van der Waals surface area contributed by atoms with Gasteiger partial charge in [0.2, 0.25) is 11.8 Å². The van der Waals surface area contributed by atoms with Crippen LogP contribution in [-0.2, 0) is 27.3 Å². The lowest BCUT2D eigenvalue weighted by Gasteiger charge is -2.25. The van der Waals surface area contributed by atoms with Crippen LogP contribution in [0.3, 0.4) is 0 Å². The van der Waals surface area contributed by atoms with Gasteiger partial charge in [-0.1, -0.05) is 0 Å². The molecule has 2 heterocycles. The Kier molecular flexibility index (Phi) is 7.04. The van der Waals surface area contributed by atoms with E-state index >= 15 is 0 Å². The zero-order valence-electron chi connectivity index (χ0n) is 17.2. The maximum absolute atomic E-state index is 12.8. The van der Waals surface area contributed by atoms with E-state index in [1.807, 2.05) is 19.1 Å². The Morgan fingerprint density at radius 3 is 2.63 bits per heavy atom. The van der Waals surface area contributed by atoms with Gasteiger partial charge in [-0.25, -0.2) is 4.79 Å². The minimum atomic E-state index is -0.444. The number of benzene rings is 1. The highest BCUT2D eigenvalue weighted by Gasteiger charge is 2.30. The van der Waals surface area contributed by atoms with Crippen molar-refractivity contribution >= 4 is 51.6 Å². The third-order valence-corrected chi connectivity index (χ3v) is 7.02. The zero-order chi connectivity index (χ0) is 21.8. The van der Waals surface area contributed by atoms with E-state index in [0.717, 1.165) is 15.3 Å². The fourth-order valence-corrected chi connectivity index (χ4v) is 5.32. The highest BCUT2D eigenvalue weighted by molar-refractivity contribution is 8.00. The molecule has 30 heavy (non-hydrogen) atoms. The first kappa shape index (κ1) is 22.2. The molecular formula is C21H25N3O4S2. The van der Waals surface area contributed by atoms with Crippen LogP contribution in [0, 0.1) is 0 Å². The van der Waals surface area contributed by atoms with E-state index in [2.05, 4.69) is 5.32 Å². The topological polar surface area (TPSA) is 102 Å². The van der Waals surface area contributed by atoms with Gasteiger partial charge in [0.1, 0.15) is 5.00 Å². The minimum absolute atomic E-state index is 0.00848. The number of hydrogen-bond donors (Lipinski definition) is 2. The van der Waals surface area contributed by atoms with Gasteiger partial charge in [-0.2, -0.15) is 0 Å². The number of fused-ring (bicyclic) bond motifs is 1. The number of nitrogens with zero attached hydrogens (tertiary/aromatic N) is 1. The molecule has 0 saturated heterocycles. The number of nitrogen functional groups attached to an aromatic ring is 1. The van der Waals surface area contributed by atoms with Gasteiger partial charge in [-0.3, -0.25) is 9.59 Å². The average Bonchev–Trinajstić information content (AvgIpc) is 3.06. The molecule has 2 aromatic rings. The number of ether oxygens (including phenoxy) is 1. The van der Waals surface area contributed by atoms with E-state index < -0.39 is 5.97 Å². The van der Waals surface area contributed by atoms with Crippen molar-refractivity contribution in [2.24, 2.45) is 0 Å². The number of thiophene rings is 1. The first-order chi connectivity index (χ1) is 14.3. The van der Waals surface area contributed by atoms with Crippen LogP contribution in [0.25, 0.3) is 0 Å². The van der Waals surface area contributed by atoms with E-state index in [0.29, 0.717) is 35.8 Å². The monoisotopic (exact) mass is 447 g/mol. The molecule has 3 rings (SSSR count). The lowest BCUT2D eigenvalue weighted by atomic mass is 10.0. The molecule has 1 atom stereocenters. The summed E-state index contributed by atoms with van der Waals surface area (Å²) < 4.78 is 5.24. The van der Waals surface area contributed by atoms with Gasteiger partial charge in [-0.05, 0) is 50.1 Å². The van der Waals surface area contributed by atoms with E-state index in [1.165, 1.54) is 30.0 Å². The molecule has 2 amide bonds. The second-order valence-electron chi connectivity index (χ2n) is 6.94. The smallest absolute Gasteiger partial charge is 0.341 e. The fraction of sp³-hybridized carbons (Fsp3) is 0.381. The van der Waals surface area contributed by atoms with Gasteiger partial charge in [0.15, 0.2) is 0 Å².